The molecule has 6 nitrogen and oxygen atoms in total. The first-order valence-electron chi connectivity index (χ1n) is 10.7. The summed E-state index contributed by atoms with van der Waals surface area (Å²) in [6.07, 6.45) is 5.09. The second-order valence-electron chi connectivity index (χ2n) is 7.93. The van der Waals surface area contributed by atoms with E-state index >= 15 is 0 Å². The van der Waals surface area contributed by atoms with Crippen LogP contribution in [-0.2, 0) is 11.3 Å². The Morgan fingerprint density at radius 3 is 2.53 bits per heavy atom. The highest BCUT2D eigenvalue weighted by Crippen LogP contribution is 2.30. The zero-order valence-electron chi connectivity index (χ0n) is 18.3. The molecule has 1 aliphatic rings. The average Bonchev–Trinajstić information content (AvgIpc) is 2.79. The van der Waals surface area contributed by atoms with Crippen LogP contribution in [-0.4, -0.2) is 37.5 Å². The standard InChI is InChI=1S/C24H28F2N2O4/c1-28(15-16-11-12-20(31-2)21(13-16)32-24(25)26)23(30)18-9-6-10-19(14-18)27-22(29)17-7-4-3-5-8-17/h6,9-14,17,24H,3-5,7-8,15H2,1-2H3,(H,27,29). The van der Waals surface area contributed by atoms with Gasteiger partial charge in [-0.25, -0.2) is 0 Å². The topological polar surface area (TPSA) is 67.9 Å². The van der Waals surface area contributed by atoms with Crippen LogP contribution in [0.1, 0.15) is 48.0 Å². The number of nitrogens with one attached hydrogen (secondary N) is 1. The number of rotatable bonds is 8. The normalized spacial score (nSPS) is 14.2. The smallest absolute Gasteiger partial charge is 0.387 e. The SMILES string of the molecule is COc1ccc(CN(C)C(=O)c2cccc(NC(=O)C3CCCCC3)c2)cc1OC(F)F. The quantitative estimate of drug-likeness (QED) is 0.614. The van der Waals surface area contributed by atoms with Gasteiger partial charge in [0.1, 0.15) is 0 Å². The fourth-order valence-electron chi connectivity index (χ4n) is 3.91. The maximum Gasteiger partial charge on any atom is 0.387 e. The highest BCUT2D eigenvalue weighted by molar-refractivity contribution is 5.97. The third-order valence-electron chi connectivity index (χ3n) is 5.56. The summed E-state index contributed by atoms with van der Waals surface area (Å²) < 4.78 is 34.9. The molecule has 0 atom stereocenters. The fraction of sp³-hybridized carbons (Fsp3) is 0.417. The molecule has 1 N–H and O–H groups in total. The van der Waals surface area contributed by atoms with Gasteiger partial charge in [0.15, 0.2) is 11.5 Å². The van der Waals surface area contributed by atoms with Crippen molar-refractivity contribution in [1.29, 1.82) is 0 Å². The molecule has 1 aliphatic carbocycles. The maximum atomic E-state index is 12.9. The Labute approximate surface area is 186 Å². The molecular weight excluding hydrogens is 418 g/mol. The predicted molar refractivity (Wildman–Crippen MR) is 117 cm³/mol. The number of ether oxygens (including phenoxy) is 2. The second kappa shape index (κ2) is 10.9. The Morgan fingerprint density at radius 1 is 1.09 bits per heavy atom. The van der Waals surface area contributed by atoms with Gasteiger partial charge in [0.05, 0.1) is 7.11 Å². The number of benzene rings is 2. The van der Waals surface area contributed by atoms with Gasteiger partial charge in [-0.3, -0.25) is 9.59 Å². The van der Waals surface area contributed by atoms with Gasteiger partial charge in [-0.15, -0.1) is 0 Å². The van der Waals surface area contributed by atoms with Crippen molar-refractivity contribution < 1.29 is 27.8 Å². The van der Waals surface area contributed by atoms with Crippen molar-refractivity contribution in [3.8, 4) is 11.5 Å². The molecule has 2 amide bonds. The van der Waals surface area contributed by atoms with Gasteiger partial charge in [-0.05, 0) is 48.7 Å². The molecule has 0 bridgehead atoms. The summed E-state index contributed by atoms with van der Waals surface area (Å²) in [7, 11) is 2.98. The van der Waals surface area contributed by atoms with E-state index in [1.54, 1.807) is 37.4 Å². The van der Waals surface area contributed by atoms with Gasteiger partial charge in [-0.1, -0.05) is 31.4 Å². The number of halogens is 2. The van der Waals surface area contributed by atoms with Gasteiger partial charge in [0.2, 0.25) is 5.91 Å². The van der Waals surface area contributed by atoms with E-state index < -0.39 is 6.61 Å². The molecule has 0 aromatic heterocycles. The van der Waals surface area contributed by atoms with Gasteiger partial charge >= 0.3 is 6.61 Å². The predicted octanol–water partition coefficient (Wildman–Crippen LogP) is 5.09. The maximum absolute atomic E-state index is 12.9. The van der Waals surface area contributed by atoms with E-state index in [-0.39, 0.29) is 35.8 Å². The molecule has 1 fully saturated rings. The molecule has 172 valence electrons. The summed E-state index contributed by atoms with van der Waals surface area (Å²) in [6.45, 7) is -2.80. The number of hydrogen-bond acceptors (Lipinski definition) is 4. The van der Waals surface area contributed by atoms with Crippen LogP contribution < -0.4 is 14.8 Å². The van der Waals surface area contributed by atoms with Crippen LogP contribution in [0, 0.1) is 5.92 Å². The molecule has 2 aromatic rings. The Bertz CT molecular complexity index is 945. The van der Waals surface area contributed by atoms with Crippen molar-refractivity contribution in [3.05, 3.63) is 53.6 Å². The van der Waals surface area contributed by atoms with Gasteiger partial charge in [0, 0.05) is 30.8 Å². The number of carbonyl (C=O) groups excluding carboxylic acids is 2. The van der Waals surface area contributed by atoms with Crippen molar-refractivity contribution in [2.45, 2.75) is 45.3 Å². The number of nitrogens with zero attached hydrogens (tertiary/aromatic N) is 1. The van der Waals surface area contributed by atoms with Crippen LogP contribution in [0.2, 0.25) is 0 Å². The van der Waals surface area contributed by atoms with Crippen LogP contribution in [0.25, 0.3) is 0 Å². The summed E-state index contributed by atoms with van der Waals surface area (Å²) in [5.41, 5.74) is 1.61. The minimum atomic E-state index is -2.98. The van der Waals surface area contributed by atoms with Crippen LogP contribution in [0.3, 0.4) is 0 Å². The monoisotopic (exact) mass is 446 g/mol. The molecule has 0 heterocycles. The molecule has 0 unspecified atom stereocenters. The lowest BCUT2D eigenvalue weighted by Crippen LogP contribution is -2.27. The highest BCUT2D eigenvalue weighted by atomic mass is 19.3. The average molecular weight is 446 g/mol. The zero-order valence-corrected chi connectivity index (χ0v) is 18.3. The molecule has 0 aliphatic heterocycles. The molecular formula is C24H28F2N2O4. The van der Waals surface area contributed by atoms with E-state index in [4.69, 9.17) is 4.74 Å². The van der Waals surface area contributed by atoms with E-state index in [0.717, 1.165) is 25.7 Å². The molecule has 0 spiro atoms. The fourth-order valence-corrected chi connectivity index (χ4v) is 3.91. The Balaban J connectivity index is 1.67. The number of amides is 2. The molecule has 3 rings (SSSR count). The summed E-state index contributed by atoms with van der Waals surface area (Å²) >= 11 is 0. The number of methoxy groups -OCH3 is 1. The molecule has 0 saturated heterocycles. The van der Waals surface area contributed by atoms with Crippen LogP contribution in [0.4, 0.5) is 14.5 Å². The molecule has 0 radical (unpaired) electrons. The van der Waals surface area contributed by atoms with Crippen molar-refractivity contribution in [1.82, 2.24) is 4.90 Å². The van der Waals surface area contributed by atoms with Gasteiger partial charge in [0.25, 0.3) is 5.91 Å². The van der Waals surface area contributed by atoms with Gasteiger partial charge < -0.3 is 19.7 Å². The molecule has 2 aromatic carbocycles. The molecule has 1 saturated carbocycles. The van der Waals surface area contributed by atoms with E-state index in [1.807, 2.05) is 0 Å². The van der Waals surface area contributed by atoms with E-state index in [9.17, 15) is 18.4 Å². The first kappa shape index (κ1) is 23.5. The lowest BCUT2D eigenvalue weighted by atomic mass is 9.88. The molecule has 32 heavy (non-hydrogen) atoms. The minimum Gasteiger partial charge on any atom is -0.493 e. The van der Waals surface area contributed by atoms with Crippen LogP contribution >= 0.6 is 0 Å². The summed E-state index contributed by atoms with van der Waals surface area (Å²) in [6, 6.07) is 11.4. The van der Waals surface area contributed by atoms with Crippen molar-refractivity contribution in [2.75, 3.05) is 19.5 Å². The third kappa shape index (κ3) is 6.18. The number of carbonyl (C=O) groups is 2. The first-order chi connectivity index (χ1) is 15.4. The summed E-state index contributed by atoms with van der Waals surface area (Å²) in [5, 5.41) is 2.92. The number of anilines is 1. The van der Waals surface area contributed by atoms with Crippen molar-refractivity contribution in [3.63, 3.8) is 0 Å². The van der Waals surface area contributed by atoms with Crippen LogP contribution in [0.15, 0.2) is 42.5 Å². The highest BCUT2D eigenvalue weighted by Gasteiger charge is 2.21. The lowest BCUT2D eigenvalue weighted by Gasteiger charge is -2.21. The number of hydrogen-bond donors (Lipinski definition) is 1. The van der Waals surface area contributed by atoms with Crippen molar-refractivity contribution >= 4 is 17.5 Å². The summed E-state index contributed by atoms with van der Waals surface area (Å²) in [4.78, 5) is 26.9. The van der Waals surface area contributed by atoms with E-state index in [0.29, 0.717) is 16.8 Å². The first-order valence-corrected chi connectivity index (χ1v) is 10.7. The minimum absolute atomic E-state index is 0.00699. The van der Waals surface area contributed by atoms with Crippen LogP contribution in [0.5, 0.6) is 11.5 Å². The number of alkyl halides is 2. The van der Waals surface area contributed by atoms with E-state index in [2.05, 4.69) is 10.1 Å². The molecule has 8 heteroatoms. The van der Waals surface area contributed by atoms with E-state index in [1.165, 1.54) is 30.6 Å². The summed E-state index contributed by atoms with van der Waals surface area (Å²) in [5.74, 6) is -0.151. The van der Waals surface area contributed by atoms with Crippen molar-refractivity contribution in [2.24, 2.45) is 5.92 Å². The third-order valence-corrected chi connectivity index (χ3v) is 5.56. The zero-order chi connectivity index (χ0) is 23.1. The Hall–Kier alpha value is -3.16. The Kier molecular flexibility index (Phi) is 8.03. The Morgan fingerprint density at radius 2 is 1.84 bits per heavy atom. The lowest BCUT2D eigenvalue weighted by molar-refractivity contribution is -0.120. The largest absolute Gasteiger partial charge is 0.493 e. The van der Waals surface area contributed by atoms with Gasteiger partial charge in [-0.2, -0.15) is 8.78 Å². The second-order valence-corrected chi connectivity index (χ2v) is 7.93.